The SMILES string of the molecule is C1=C(c2cnc3[nH]nc(-c4cc5c(-c6cccnc6)cccc5[nH]4)c3c2)CCNC1. The second kappa shape index (κ2) is 6.93. The standard InChI is InChI=1S/C24H20N6/c1-4-18(16-3-2-8-26-13-16)19-12-22(28-21(19)5-1)23-20-11-17(14-27-24(20)30-29-23)15-6-9-25-10-7-15/h1-6,8,11-14,25,28H,7,9-10H2,(H,27,29,30). The summed E-state index contributed by atoms with van der Waals surface area (Å²) in [5, 5.41) is 13.2. The zero-order chi connectivity index (χ0) is 19.9. The maximum Gasteiger partial charge on any atom is 0.155 e. The number of nitrogens with zero attached hydrogens (tertiary/aromatic N) is 3. The molecule has 146 valence electrons. The van der Waals surface area contributed by atoms with Crippen molar-refractivity contribution in [1.82, 2.24) is 30.5 Å². The van der Waals surface area contributed by atoms with Crippen LogP contribution in [0, 0.1) is 0 Å². The van der Waals surface area contributed by atoms with E-state index in [0.29, 0.717) is 0 Å². The second-order valence-electron chi connectivity index (χ2n) is 7.57. The molecule has 0 spiro atoms. The van der Waals surface area contributed by atoms with Crippen LogP contribution in [0.4, 0.5) is 0 Å². The molecule has 5 aromatic rings. The Morgan fingerprint density at radius 2 is 1.93 bits per heavy atom. The van der Waals surface area contributed by atoms with Crippen LogP contribution in [0.5, 0.6) is 0 Å². The summed E-state index contributed by atoms with van der Waals surface area (Å²) in [7, 11) is 0. The molecule has 6 heteroatoms. The lowest BCUT2D eigenvalue weighted by Crippen LogP contribution is -2.20. The Balaban J connectivity index is 1.50. The van der Waals surface area contributed by atoms with Gasteiger partial charge in [0, 0.05) is 47.0 Å². The molecule has 0 saturated carbocycles. The monoisotopic (exact) mass is 392 g/mol. The first-order valence-corrected chi connectivity index (χ1v) is 10.1. The summed E-state index contributed by atoms with van der Waals surface area (Å²) < 4.78 is 0. The Morgan fingerprint density at radius 1 is 0.933 bits per heavy atom. The average molecular weight is 392 g/mol. The van der Waals surface area contributed by atoms with Gasteiger partial charge in [0.15, 0.2) is 5.65 Å². The minimum absolute atomic E-state index is 0.800. The van der Waals surface area contributed by atoms with Crippen LogP contribution in [0.15, 0.2) is 67.1 Å². The lowest BCUT2D eigenvalue weighted by molar-refractivity contribution is 0.738. The number of benzene rings is 1. The molecule has 1 aliphatic rings. The molecule has 0 atom stereocenters. The van der Waals surface area contributed by atoms with Gasteiger partial charge in [0.25, 0.3) is 0 Å². The van der Waals surface area contributed by atoms with Crippen molar-refractivity contribution in [3.63, 3.8) is 0 Å². The van der Waals surface area contributed by atoms with Gasteiger partial charge in [0.05, 0.1) is 5.69 Å². The first-order valence-electron chi connectivity index (χ1n) is 10.1. The zero-order valence-electron chi connectivity index (χ0n) is 16.3. The average Bonchev–Trinajstić information content (AvgIpc) is 3.43. The van der Waals surface area contributed by atoms with Gasteiger partial charge in [-0.1, -0.05) is 24.3 Å². The fourth-order valence-electron chi connectivity index (χ4n) is 4.23. The molecule has 0 aliphatic carbocycles. The van der Waals surface area contributed by atoms with Crippen molar-refractivity contribution in [2.24, 2.45) is 0 Å². The molecule has 6 nitrogen and oxygen atoms in total. The molecule has 0 radical (unpaired) electrons. The van der Waals surface area contributed by atoms with Gasteiger partial charge in [-0.3, -0.25) is 10.1 Å². The number of hydrogen-bond donors (Lipinski definition) is 3. The third kappa shape index (κ3) is 2.81. The minimum atomic E-state index is 0.800. The van der Waals surface area contributed by atoms with Gasteiger partial charge < -0.3 is 10.3 Å². The number of pyridine rings is 2. The smallest absolute Gasteiger partial charge is 0.155 e. The van der Waals surface area contributed by atoms with Gasteiger partial charge in [-0.2, -0.15) is 5.10 Å². The van der Waals surface area contributed by atoms with Crippen molar-refractivity contribution in [3.8, 4) is 22.5 Å². The van der Waals surface area contributed by atoms with E-state index in [4.69, 9.17) is 0 Å². The maximum absolute atomic E-state index is 4.62. The Labute approximate surface area is 173 Å². The van der Waals surface area contributed by atoms with E-state index in [9.17, 15) is 0 Å². The highest BCUT2D eigenvalue weighted by molar-refractivity contribution is 6.00. The fraction of sp³-hybridized carbons (Fsp3) is 0.125. The molecular formula is C24H20N6. The first kappa shape index (κ1) is 17.1. The van der Waals surface area contributed by atoms with E-state index in [0.717, 1.165) is 64.0 Å². The predicted molar refractivity (Wildman–Crippen MR) is 120 cm³/mol. The van der Waals surface area contributed by atoms with Gasteiger partial charge in [0.1, 0.15) is 5.69 Å². The van der Waals surface area contributed by atoms with Gasteiger partial charge in [0.2, 0.25) is 0 Å². The lowest BCUT2D eigenvalue weighted by atomic mass is 10.0. The molecule has 5 heterocycles. The Morgan fingerprint density at radius 3 is 2.80 bits per heavy atom. The quantitative estimate of drug-likeness (QED) is 0.421. The molecule has 1 aliphatic heterocycles. The van der Waals surface area contributed by atoms with Crippen molar-refractivity contribution in [2.45, 2.75) is 6.42 Å². The number of aromatic nitrogens is 5. The fourth-order valence-corrected chi connectivity index (χ4v) is 4.23. The van der Waals surface area contributed by atoms with Crippen LogP contribution in [0.25, 0.3) is 50.0 Å². The molecular weight excluding hydrogens is 372 g/mol. The number of H-pyrrole nitrogens is 2. The second-order valence-corrected chi connectivity index (χ2v) is 7.57. The highest BCUT2D eigenvalue weighted by atomic mass is 15.2. The number of fused-ring (bicyclic) bond motifs is 2. The topological polar surface area (TPSA) is 82.3 Å². The largest absolute Gasteiger partial charge is 0.353 e. The third-order valence-electron chi connectivity index (χ3n) is 5.74. The summed E-state index contributed by atoms with van der Waals surface area (Å²) in [6, 6.07) is 14.7. The van der Waals surface area contributed by atoms with E-state index in [1.165, 1.54) is 11.1 Å². The number of hydrogen-bond acceptors (Lipinski definition) is 4. The zero-order valence-corrected chi connectivity index (χ0v) is 16.3. The highest BCUT2D eigenvalue weighted by Gasteiger charge is 2.15. The normalized spacial score (nSPS) is 14.3. The molecule has 0 amide bonds. The summed E-state index contributed by atoms with van der Waals surface area (Å²) in [5.41, 5.74) is 8.50. The molecule has 0 fully saturated rings. The Hall–Kier alpha value is -3.77. The molecule has 1 aromatic carbocycles. The maximum atomic E-state index is 4.62. The summed E-state index contributed by atoms with van der Waals surface area (Å²) in [6.07, 6.45) is 8.89. The summed E-state index contributed by atoms with van der Waals surface area (Å²) in [6.45, 7) is 1.91. The van der Waals surface area contributed by atoms with Crippen LogP contribution >= 0.6 is 0 Å². The Kier molecular flexibility index (Phi) is 3.95. The van der Waals surface area contributed by atoms with Crippen LogP contribution in [-0.2, 0) is 0 Å². The van der Waals surface area contributed by atoms with E-state index in [-0.39, 0.29) is 0 Å². The number of rotatable bonds is 3. The van der Waals surface area contributed by atoms with Crippen LogP contribution in [0.1, 0.15) is 12.0 Å². The number of nitrogens with one attached hydrogen (secondary N) is 3. The van der Waals surface area contributed by atoms with E-state index >= 15 is 0 Å². The van der Waals surface area contributed by atoms with Crippen molar-refractivity contribution in [1.29, 1.82) is 0 Å². The van der Waals surface area contributed by atoms with Gasteiger partial charge in [-0.25, -0.2) is 4.98 Å². The molecule has 0 bridgehead atoms. The van der Waals surface area contributed by atoms with Crippen LogP contribution in [0.2, 0.25) is 0 Å². The van der Waals surface area contributed by atoms with Crippen molar-refractivity contribution in [3.05, 3.63) is 72.7 Å². The van der Waals surface area contributed by atoms with E-state index in [1.54, 1.807) is 6.20 Å². The third-order valence-corrected chi connectivity index (χ3v) is 5.74. The molecule has 4 aromatic heterocycles. The molecule has 0 saturated heterocycles. The Bertz CT molecular complexity index is 1390. The summed E-state index contributed by atoms with van der Waals surface area (Å²) in [4.78, 5) is 12.4. The van der Waals surface area contributed by atoms with Gasteiger partial charge in [-0.15, -0.1) is 0 Å². The number of aromatic amines is 2. The van der Waals surface area contributed by atoms with E-state index < -0.39 is 0 Å². The summed E-state index contributed by atoms with van der Waals surface area (Å²) in [5.74, 6) is 0. The van der Waals surface area contributed by atoms with Crippen LogP contribution in [-0.4, -0.2) is 38.2 Å². The molecule has 3 N–H and O–H groups in total. The molecule has 0 unspecified atom stereocenters. The predicted octanol–water partition coefficient (Wildman–Crippen LogP) is 4.54. The lowest BCUT2D eigenvalue weighted by Gasteiger charge is -2.13. The van der Waals surface area contributed by atoms with Gasteiger partial charge >= 0.3 is 0 Å². The molecule has 6 rings (SSSR count). The van der Waals surface area contributed by atoms with Crippen molar-refractivity contribution in [2.75, 3.05) is 13.1 Å². The van der Waals surface area contributed by atoms with Crippen molar-refractivity contribution < 1.29 is 0 Å². The van der Waals surface area contributed by atoms with Crippen LogP contribution in [0.3, 0.4) is 0 Å². The van der Waals surface area contributed by atoms with E-state index in [2.05, 4.69) is 72.9 Å². The first-order chi connectivity index (χ1) is 14.9. The summed E-state index contributed by atoms with van der Waals surface area (Å²) >= 11 is 0. The highest BCUT2D eigenvalue weighted by Crippen LogP contribution is 2.34. The van der Waals surface area contributed by atoms with Crippen LogP contribution < -0.4 is 5.32 Å². The molecule has 30 heavy (non-hydrogen) atoms. The van der Waals surface area contributed by atoms with Gasteiger partial charge in [-0.05, 0) is 53.9 Å². The van der Waals surface area contributed by atoms with Crippen molar-refractivity contribution >= 4 is 27.5 Å². The minimum Gasteiger partial charge on any atom is -0.353 e. The van der Waals surface area contributed by atoms with E-state index in [1.807, 2.05) is 18.5 Å².